The number of carbonyl (C=O) groups excluding carboxylic acids is 4. The van der Waals surface area contributed by atoms with Gasteiger partial charge < -0.3 is 9.84 Å². The van der Waals surface area contributed by atoms with Crippen molar-refractivity contribution in [3.05, 3.63) is 35.4 Å². The van der Waals surface area contributed by atoms with Crippen LogP contribution in [-0.4, -0.2) is 68.0 Å². The number of likely N-dealkylation sites (tertiary alicyclic amines) is 2. The van der Waals surface area contributed by atoms with Crippen LogP contribution in [-0.2, 0) is 19.2 Å². The first-order valence-corrected chi connectivity index (χ1v) is 12.6. The highest BCUT2D eigenvalue weighted by atomic mass is 35.5. The molecule has 0 aromatic heterocycles. The van der Waals surface area contributed by atoms with Crippen molar-refractivity contribution >= 4 is 46.8 Å². The first-order chi connectivity index (χ1) is 16.7. The number of allylic oxidation sites excluding steroid dienone is 2. The summed E-state index contributed by atoms with van der Waals surface area (Å²) in [5.41, 5.74) is 0.213. The molecule has 8 nitrogen and oxygen atoms in total. The summed E-state index contributed by atoms with van der Waals surface area (Å²) in [6.45, 7) is 5.40. The van der Waals surface area contributed by atoms with E-state index >= 15 is 0 Å². The molecule has 6 atom stereocenters. The number of phenols is 1. The number of imide groups is 2. The molecule has 5 rings (SSSR count). The molecule has 36 heavy (non-hydrogen) atoms. The SMILES string of the molecule is COc1ccc(C2C3=CCC4C(=O)N(C(C)(C)C)C(=O)C4C3CC3(Cl)C(=O)N(C)C(=O)C23Cl)c(O)c1. The molecule has 4 amide bonds. The van der Waals surface area contributed by atoms with Crippen LogP contribution in [0.3, 0.4) is 0 Å². The molecule has 1 saturated carbocycles. The Morgan fingerprint density at radius 1 is 1.06 bits per heavy atom. The minimum atomic E-state index is -1.93. The molecule has 3 fully saturated rings. The highest BCUT2D eigenvalue weighted by Crippen LogP contribution is 2.66. The van der Waals surface area contributed by atoms with Crippen molar-refractivity contribution in [3.8, 4) is 11.5 Å². The number of rotatable bonds is 2. The summed E-state index contributed by atoms with van der Waals surface area (Å²) < 4.78 is 5.21. The van der Waals surface area contributed by atoms with Gasteiger partial charge in [0, 0.05) is 30.1 Å². The Morgan fingerprint density at radius 2 is 1.72 bits per heavy atom. The normalized spacial score (nSPS) is 36.0. The molecule has 192 valence electrons. The number of halogens is 2. The van der Waals surface area contributed by atoms with Crippen LogP contribution in [0.2, 0.25) is 0 Å². The van der Waals surface area contributed by atoms with Gasteiger partial charge in [0.15, 0.2) is 9.75 Å². The fourth-order valence-electron chi connectivity index (χ4n) is 6.65. The monoisotopic (exact) mass is 534 g/mol. The Kier molecular flexibility index (Phi) is 5.37. The van der Waals surface area contributed by atoms with Crippen molar-refractivity contribution in [3.63, 3.8) is 0 Å². The number of aromatic hydroxyl groups is 1. The molecule has 10 heteroatoms. The summed E-state index contributed by atoms with van der Waals surface area (Å²) in [7, 11) is 2.79. The third-order valence-electron chi connectivity index (χ3n) is 8.23. The van der Waals surface area contributed by atoms with Gasteiger partial charge in [-0.05, 0) is 45.6 Å². The number of methoxy groups -OCH3 is 1. The summed E-state index contributed by atoms with van der Waals surface area (Å²) in [5, 5.41) is 11.0. The molecule has 2 saturated heterocycles. The van der Waals surface area contributed by atoms with Crippen LogP contribution in [0.5, 0.6) is 11.5 Å². The third-order valence-corrected chi connectivity index (χ3v) is 9.65. The van der Waals surface area contributed by atoms with E-state index in [-0.39, 0.29) is 30.4 Å². The largest absolute Gasteiger partial charge is 0.508 e. The van der Waals surface area contributed by atoms with E-state index in [1.54, 1.807) is 32.9 Å². The van der Waals surface area contributed by atoms with Crippen LogP contribution in [0.15, 0.2) is 29.8 Å². The number of benzene rings is 1. The molecule has 2 aliphatic carbocycles. The predicted molar refractivity (Wildman–Crippen MR) is 132 cm³/mol. The molecule has 0 bridgehead atoms. The maximum absolute atomic E-state index is 13.7. The molecule has 2 aliphatic heterocycles. The molecule has 0 radical (unpaired) electrons. The van der Waals surface area contributed by atoms with Crippen molar-refractivity contribution in [1.29, 1.82) is 0 Å². The molecular weight excluding hydrogens is 507 g/mol. The fraction of sp³-hybridized carbons (Fsp3) is 0.538. The second kappa shape index (κ2) is 7.71. The number of phenolic OH excluding ortho intramolecular Hbond substituents is 1. The quantitative estimate of drug-likeness (QED) is 0.355. The average Bonchev–Trinajstić information content (AvgIpc) is 3.14. The number of amides is 4. The Labute approximate surface area is 219 Å². The van der Waals surface area contributed by atoms with E-state index in [1.807, 2.05) is 6.08 Å². The summed E-state index contributed by atoms with van der Waals surface area (Å²) in [6.07, 6.45) is 2.04. The third kappa shape index (κ3) is 2.94. The second-order valence-corrected chi connectivity index (χ2v) is 12.3. The lowest BCUT2D eigenvalue weighted by molar-refractivity contribution is -0.146. The molecular formula is C26H28Cl2N2O6. The minimum absolute atomic E-state index is 0.0790. The van der Waals surface area contributed by atoms with Crippen LogP contribution < -0.4 is 4.74 Å². The zero-order valence-electron chi connectivity index (χ0n) is 20.7. The summed E-state index contributed by atoms with van der Waals surface area (Å²) >= 11 is 14.2. The first kappa shape index (κ1) is 25.1. The van der Waals surface area contributed by atoms with Crippen LogP contribution in [0.4, 0.5) is 0 Å². The van der Waals surface area contributed by atoms with Gasteiger partial charge in [0.1, 0.15) is 11.5 Å². The number of ether oxygens (including phenoxy) is 1. The number of hydrogen-bond donors (Lipinski definition) is 1. The van der Waals surface area contributed by atoms with Crippen molar-refractivity contribution in [1.82, 2.24) is 9.80 Å². The van der Waals surface area contributed by atoms with Crippen LogP contribution in [0.25, 0.3) is 0 Å². The lowest BCUT2D eigenvalue weighted by Crippen LogP contribution is -2.60. The van der Waals surface area contributed by atoms with Crippen LogP contribution in [0, 0.1) is 17.8 Å². The van der Waals surface area contributed by atoms with Crippen molar-refractivity contribution in [2.24, 2.45) is 17.8 Å². The van der Waals surface area contributed by atoms with E-state index in [4.69, 9.17) is 27.9 Å². The molecule has 0 spiro atoms. The minimum Gasteiger partial charge on any atom is -0.508 e. The van der Waals surface area contributed by atoms with E-state index in [0.717, 1.165) is 4.90 Å². The molecule has 2 heterocycles. The van der Waals surface area contributed by atoms with Crippen molar-refractivity contribution in [2.45, 2.75) is 54.8 Å². The van der Waals surface area contributed by atoms with Crippen molar-refractivity contribution in [2.75, 3.05) is 14.2 Å². The van der Waals surface area contributed by atoms with Crippen molar-refractivity contribution < 1.29 is 29.0 Å². The second-order valence-electron chi connectivity index (χ2n) is 11.1. The topological polar surface area (TPSA) is 104 Å². The summed E-state index contributed by atoms with van der Waals surface area (Å²) in [4.78, 5) is 52.4. The summed E-state index contributed by atoms with van der Waals surface area (Å²) in [5.74, 6) is -4.65. The van der Waals surface area contributed by atoms with Crippen LogP contribution >= 0.6 is 23.2 Å². The number of carbonyl (C=O) groups is 4. The van der Waals surface area contributed by atoms with E-state index < -0.39 is 50.8 Å². The van der Waals surface area contributed by atoms with Gasteiger partial charge in [-0.1, -0.05) is 17.7 Å². The first-order valence-electron chi connectivity index (χ1n) is 11.8. The van der Waals surface area contributed by atoms with Gasteiger partial charge in [0.25, 0.3) is 11.8 Å². The number of nitrogens with zero attached hydrogens (tertiary/aromatic N) is 2. The zero-order valence-corrected chi connectivity index (χ0v) is 22.2. The van der Waals surface area contributed by atoms with Gasteiger partial charge in [-0.25, -0.2) is 0 Å². The number of hydrogen-bond acceptors (Lipinski definition) is 6. The fourth-order valence-corrected chi connectivity index (χ4v) is 7.66. The molecule has 4 aliphatic rings. The number of fused-ring (bicyclic) bond motifs is 4. The molecule has 1 aromatic carbocycles. The van der Waals surface area contributed by atoms with Gasteiger partial charge >= 0.3 is 0 Å². The summed E-state index contributed by atoms with van der Waals surface area (Å²) in [6, 6.07) is 4.62. The van der Waals surface area contributed by atoms with Gasteiger partial charge in [0.2, 0.25) is 11.8 Å². The molecule has 1 aromatic rings. The predicted octanol–water partition coefficient (Wildman–Crippen LogP) is 3.19. The maximum Gasteiger partial charge on any atom is 0.253 e. The van der Waals surface area contributed by atoms with Gasteiger partial charge in [-0.2, -0.15) is 0 Å². The smallest absolute Gasteiger partial charge is 0.253 e. The average molecular weight is 535 g/mol. The molecule has 6 unspecified atom stereocenters. The Balaban J connectivity index is 1.73. The van der Waals surface area contributed by atoms with Gasteiger partial charge in [-0.15, -0.1) is 23.2 Å². The highest BCUT2D eigenvalue weighted by molar-refractivity contribution is 6.53. The van der Waals surface area contributed by atoms with Gasteiger partial charge in [0.05, 0.1) is 18.9 Å². The van der Waals surface area contributed by atoms with E-state index in [2.05, 4.69) is 0 Å². The molecule has 1 N–H and O–H groups in total. The Bertz CT molecular complexity index is 1260. The standard InChI is InChI=1S/C26H28Cl2N2O6/c1-24(2,3)30-20(32)15-9-8-13-16(18(15)21(30)33)11-25(27)22(34)29(4)23(35)26(25,28)19(13)14-7-6-12(36-5)10-17(14)31/h6-8,10,15-16,18-19,31H,9,11H2,1-5H3. The lowest BCUT2D eigenvalue weighted by atomic mass is 9.56. The maximum atomic E-state index is 13.7. The van der Waals surface area contributed by atoms with E-state index in [0.29, 0.717) is 16.9 Å². The zero-order chi connectivity index (χ0) is 26.5. The Morgan fingerprint density at radius 3 is 2.31 bits per heavy atom. The van der Waals surface area contributed by atoms with E-state index in [9.17, 15) is 24.3 Å². The highest BCUT2D eigenvalue weighted by Gasteiger charge is 2.76. The van der Waals surface area contributed by atoms with Gasteiger partial charge in [-0.3, -0.25) is 29.0 Å². The Hall–Kier alpha value is -2.58. The number of alkyl halides is 2. The lowest BCUT2D eigenvalue weighted by Gasteiger charge is -2.50. The van der Waals surface area contributed by atoms with Crippen LogP contribution in [0.1, 0.15) is 45.1 Å². The van der Waals surface area contributed by atoms with E-state index in [1.165, 1.54) is 25.1 Å².